The first-order valence-electron chi connectivity index (χ1n) is 15.9. The van der Waals surface area contributed by atoms with Gasteiger partial charge in [-0.2, -0.15) is 0 Å². The van der Waals surface area contributed by atoms with Crippen molar-refractivity contribution in [2.45, 2.75) is 0 Å². The monoisotopic (exact) mass is 601 g/mol. The van der Waals surface area contributed by atoms with Crippen molar-refractivity contribution >= 4 is 82.5 Å². The second kappa shape index (κ2) is 10.1. The first-order chi connectivity index (χ1) is 23.3. The molecule has 220 valence electrons. The Balaban J connectivity index is 1.13. The molecule has 0 atom stereocenters. The number of hydrogen-bond acceptors (Lipinski definition) is 3. The third-order valence-corrected chi connectivity index (χ3v) is 9.44. The zero-order valence-corrected chi connectivity index (χ0v) is 25.4. The van der Waals surface area contributed by atoms with Crippen LogP contribution in [-0.4, -0.2) is 0 Å². The van der Waals surface area contributed by atoms with Gasteiger partial charge in [0, 0.05) is 44.7 Å². The van der Waals surface area contributed by atoms with Gasteiger partial charge in [0.05, 0.1) is 0 Å². The standard InChI is InChI=1S/C44H27NO2/c1-2-8-35-29(7-1)13-14-30-17-21-33(26-39(30)35)45(34-22-23-38-36-9-3-5-11-41(36)47-44(38)27-34)32-19-15-28(16-20-32)31-18-24-43-40(25-31)37-10-4-6-12-42(37)46-43/h1-27H. The lowest BCUT2D eigenvalue weighted by Crippen LogP contribution is -2.09. The van der Waals surface area contributed by atoms with Gasteiger partial charge in [-0.15, -0.1) is 0 Å². The van der Waals surface area contributed by atoms with Crippen molar-refractivity contribution in [2.75, 3.05) is 4.90 Å². The molecule has 0 radical (unpaired) electrons. The van der Waals surface area contributed by atoms with Crippen LogP contribution in [0.1, 0.15) is 0 Å². The number of fused-ring (bicyclic) bond motifs is 9. The molecule has 0 spiro atoms. The third kappa shape index (κ3) is 4.14. The maximum Gasteiger partial charge on any atom is 0.137 e. The second-order valence-electron chi connectivity index (χ2n) is 12.2. The van der Waals surface area contributed by atoms with Crippen LogP contribution >= 0.6 is 0 Å². The lowest BCUT2D eigenvalue weighted by Gasteiger charge is -2.26. The molecule has 0 saturated heterocycles. The summed E-state index contributed by atoms with van der Waals surface area (Å²) in [7, 11) is 0. The normalized spacial score (nSPS) is 11.8. The molecule has 0 aliphatic heterocycles. The molecule has 10 aromatic rings. The predicted octanol–water partition coefficient (Wildman–Crippen LogP) is 12.9. The Hall–Kier alpha value is -6.32. The van der Waals surface area contributed by atoms with Crippen LogP contribution < -0.4 is 4.90 Å². The van der Waals surface area contributed by atoms with E-state index in [4.69, 9.17) is 8.83 Å². The van der Waals surface area contributed by atoms with Gasteiger partial charge in [-0.3, -0.25) is 0 Å². The summed E-state index contributed by atoms with van der Waals surface area (Å²) in [4.78, 5) is 2.32. The van der Waals surface area contributed by atoms with Gasteiger partial charge in [0.2, 0.25) is 0 Å². The summed E-state index contributed by atoms with van der Waals surface area (Å²) in [5, 5.41) is 9.44. The van der Waals surface area contributed by atoms with Crippen molar-refractivity contribution in [2.24, 2.45) is 0 Å². The van der Waals surface area contributed by atoms with Gasteiger partial charge < -0.3 is 13.7 Å². The summed E-state index contributed by atoms with van der Waals surface area (Å²) < 4.78 is 12.4. The lowest BCUT2D eigenvalue weighted by atomic mass is 10.0. The van der Waals surface area contributed by atoms with Crippen molar-refractivity contribution in [3.63, 3.8) is 0 Å². The second-order valence-corrected chi connectivity index (χ2v) is 12.2. The fourth-order valence-electron chi connectivity index (χ4n) is 7.14. The van der Waals surface area contributed by atoms with E-state index in [0.717, 1.165) is 72.1 Å². The van der Waals surface area contributed by atoms with Gasteiger partial charge in [0.25, 0.3) is 0 Å². The Morgan fingerprint density at radius 2 is 0.830 bits per heavy atom. The average Bonchev–Trinajstić information content (AvgIpc) is 3.69. The molecule has 0 bridgehead atoms. The summed E-state index contributed by atoms with van der Waals surface area (Å²) in [6.07, 6.45) is 0. The van der Waals surface area contributed by atoms with Gasteiger partial charge in [-0.05, 0) is 93.3 Å². The van der Waals surface area contributed by atoms with E-state index in [1.807, 2.05) is 24.3 Å². The van der Waals surface area contributed by atoms with Crippen molar-refractivity contribution in [3.05, 3.63) is 164 Å². The van der Waals surface area contributed by atoms with Crippen LogP contribution in [0, 0.1) is 0 Å². The van der Waals surface area contributed by atoms with E-state index in [9.17, 15) is 0 Å². The molecule has 47 heavy (non-hydrogen) atoms. The molecular weight excluding hydrogens is 574 g/mol. The first kappa shape index (κ1) is 26.0. The van der Waals surface area contributed by atoms with Crippen LogP contribution in [-0.2, 0) is 0 Å². The lowest BCUT2D eigenvalue weighted by molar-refractivity contribution is 0.668. The number of nitrogens with zero attached hydrogens (tertiary/aromatic N) is 1. The van der Waals surface area contributed by atoms with E-state index >= 15 is 0 Å². The Morgan fingerprint density at radius 1 is 0.298 bits per heavy atom. The van der Waals surface area contributed by atoms with Crippen LogP contribution in [0.2, 0.25) is 0 Å². The molecule has 0 amide bonds. The zero-order chi connectivity index (χ0) is 30.9. The quantitative estimate of drug-likeness (QED) is 0.188. The van der Waals surface area contributed by atoms with Crippen molar-refractivity contribution < 1.29 is 8.83 Å². The Bertz CT molecular complexity index is 2800. The highest BCUT2D eigenvalue weighted by atomic mass is 16.3. The fraction of sp³-hybridized carbons (Fsp3) is 0. The summed E-state index contributed by atoms with van der Waals surface area (Å²) in [5.41, 5.74) is 9.09. The van der Waals surface area contributed by atoms with E-state index in [0.29, 0.717) is 0 Å². The van der Waals surface area contributed by atoms with Crippen molar-refractivity contribution in [3.8, 4) is 11.1 Å². The molecule has 8 aromatic carbocycles. The number of rotatable bonds is 4. The van der Waals surface area contributed by atoms with E-state index < -0.39 is 0 Å². The highest BCUT2D eigenvalue weighted by molar-refractivity contribution is 6.10. The molecule has 0 N–H and O–H groups in total. The van der Waals surface area contributed by atoms with Crippen molar-refractivity contribution in [1.82, 2.24) is 0 Å². The smallest absolute Gasteiger partial charge is 0.137 e. The number of benzene rings is 8. The first-order valence-corrected chi connectivity index (χ1v) is 15.9. The van der Waals surface area contributed by atoms with Crippen molar-refractivity contribution in [1.29, 1.82) is 0 Å². The zero-order valence-electron chi connectivity index (χ0n) is 25.4. The van der Waals surface area contributed by atoms with Crippen LogP contribution in [0.25, 0.3) is 76.5 Å². The van der Waals surface area contributed by atoms with E-state index in [1.165, 1.54) is 21.5 Å². The van der Waals surface area contributed by atoms with Crippen LogP contribution in [0.4, 0.5) is 17.1 Å². The molecule has 2 aromatic heterocycles. The van der Waals surface area contributed by atoms with Gasteiger partial charge in [0.1, 0.15) is 22.3 Å². The Kier molecular flexibility index (Phi) is 5.57. The largest absolute Gasteiger partial charge is 0.456 e. The molecule has 3 heteroatoms. The van der Waals surface area contributed by atoms with Crippen LogP contribution in [0.3, 0.4) is 0 Å². The molecular formula is C44H27NO2. The number of furan rings is 2. The minimum absolute atomic E-state index is 0.872. The number of hydrogen-bond donors (Lipinski definition) is 0. The fourth-order valence-corrected chi connectivity index (χ4v) is 7.14. The average molecular weight is 602 g/mol. The molecule has 0 aliphatic carbocycles. The minimum Gasteiger partial charge on any atom is -0.456 e. The highest BCUT2D eigenvalue weighted by Crippen LogP contribution is 2.41. The molecule has 0 aliphatic rings. The van der Waals surface area contributed by atoms with E-state index in [2.05, 4.69) is 144 Å². The predicted molar refractivity (Wildman–Crippen MR) is 196 cm³/mol. The van der Waals surface area contributed by atoms with Gasteiger partial charge in [-0.1, -0.05) is 97.1 Å². The molecule has 0 unspecified atom stereocenters. The number of para-hydroxylation sites is 2. The SMILES string of the molecule is c1ccc2c(c1)ccc1ccc(N(c3ccc(-c4ccc5oc6ccccc6c5c4)cc3)c3ccc4c(c3)oc3ccccc34)cc12. The van der Waals surface area contributed by atoms with Crippen LogP contribution in [0.5, 0.6) is 0 Å². The Morgan fingerprint density at radius 3 is 1.64 bits per heavy atom. The summed E-state index contributed by atoms with van der Waals surface area (Å²) >= 11 is 0. The van der Waals surface area contributed by atoms with E-state index in [1.54, 1.807) is 0 Å². The highest BCUT2D eigenvalue weighted by Gasteiger charge is 2.17. The summed E-state index contributed by atoms with van der Waals surface area (Å²) in [6, 6.07) is 58.0. The minimum atomic E-state index is 0.872. The molecule has 10 rings (SSSR count). The maximum absolute atomic E-state index is 6.34. The number of anilines is 3. The van der Waals surface area contributed by atoms with Crippen LogP contribution in [0.15, 0.2) is 173 Å². The maximum atomic E-state index is 6.34. The molecule has 0 saturated carbocycles. The summed E-state index contributed by atoms with van der Waals surface area (Å²) in [6.45, 7) is 0. The van der Waals surface area contributed by atoms with Gasteiger partial charge >= 0.3 is 0 Å². The molecule has 3 nitrogen and oxygen atoms in total. The van der Waals surface area contributed by atoms with Gasteiger partial charge in [-0.25, -0.2) is 0 Å². The third-order valence-electron chi connectivity index (χ3n) is 9.44. The van der Waals surface area contributed by atoms with E-state index in [-0.39, 0.29) is 0 Å². The topological polar surface area (TPSA) is 29.5 Å². The Labute approximate surface area is 270 Å². The molecule has 2 heterocycles. The molecule has 0 fully saturated rings. The summed E-state index contributed by atoms with van der Waals surface area (Å²) in [5.74, 6) is 0. The van der Waals surface area contributed by atoms with Gasteiger partial charge in [0.15, 0.2) is 0 Å².